The van der Waals surface area contributed by atoms with Crippen molar-refractivity contribution in [3.63, 3.8) is 0 Å². The van der Waals surface area contributed by atoms with E-state index in [-0.39, 0.29) is 0 Å². The van der Waals surface area contributed by atoms with Crippen molar-refractivity contribution in [1.29, 1.82) is 0 Å². The molecule has 0 aliphatic rings. The summed E-state index contributed by atoms with van der Waals surface area (Å²) in [6.07, 6.45) is 0.772. The van der Waals surface area contributed by atoms with E-state index < -0.39 is 13.4 Å². The normalized spacial score (nSPS) is 12.2. The number of hydrogen-bond acceptors (Lipinski definition) is 7. The van der Waals surface area contributed by atoms with Gasteiger partial charge in [-0.15, -0.1) is 10.2 Å². The minimum Gasteiger partial charge on any atom is -0.414 e. The Hall–Kier alpha value is -3.15. The molecular weight excluding hydrogens is 429 g/mol. The monoisotopic (exact) mass is 451 g/mol. The van der Waals surface area contributed by atoms with E-state index in [1.165, 1.54) is 11.3 Å². The summed E-state index contributed by atoms with van der Waals surface area (Å²) >= 11 is 1.42. The maximum atomic E-state index is 14.4. The second-order valence-electron chi connectivity index (χ2n) is 6.66. The van der Waals surface area contributed by atoms with Crippen molar-refractivity contribution in [2.24, 2.45) is 0 Å². The summed E-state index contributed by atoms with van der Waals surface area (Å²) in [5, 5.41) is 13.1. The first-order valence-corrected chi connectivity index (χ1v) is 12.3. The van der Waals surface area contributed by atoms with Crippen LogP contribution in [-0.2, 0) is 11.0 Å². The Labute approximate surface area is 185 Å². The Balaban J connectivity index is 1.77. The molecule has 1 N–H and O–H groups in total. The molecule has 0 bridgehead atoms. The van der Waals surface area contributed by atoms with Crippen molar-refractivity contribution in [2.45, 2.75) is 19.1 Å². The predicted molar refractivity (Wildman–Crippen MR) is 124 cm³/mol. The summed E-state index contributed by atoms with van der Waals surface area (Å²) in [7, 11) is -3.83. The van der Waals surface area contributed by atoms with Crippen molar-refractivity contribution in [3.8, 4) is 11.5 Å². The highest BCUT2D eigenvalue weighted by atomic mass is 32.1. The van der Waals surface area contributed by atoms with Gasteiger partial charge in [0.25, 0.3) is 0 Å². The van der Waals surface area contributed by atoms with Gasteiger partial charge >= 0.3 is 7.60 Å². The van der Waals surface area contributed by atoms with Gasteiger partial charge in [-0.25, -0.2) is 4.57 Å². The molecule has 1 heterocycles. The molecule has 0 unspecified atom stereocenters. The van der Waals surface area contributed by atoms with Crippen LogP contribution in [0.4, 0.5) is 5.13 Å². The molecule has 0 amide bonds. The second kappa shape index (κ2) is 9.77. The minimum absolute atomic E-state index is 0.455. The van der Waals surface area contributed by atoms with E-state index in [0.29, 0.717) is 16.6 Å². The average molecular weight is 451 g/mol. The lowest BCUT2D eigenvalue weighted by atomic mass is 10.2. The first-order chi connectivity index (χ1) is 15.2. The maximum Gasteiger partial charge on any atom is 0.457 e. The maximum absolute atomic E-state index is 14.4. The van der Waals surface area contributed by atoms with Gasteiger partial charge in [0.05, 0.1) is 0 Å². The van der Waals surface area contributed by atoms with Crippen LogP contribution in [0.2, 0.25) is 0 Å². The average Bonchev–Trinajstić information content (AvgIpc) is 3.27. The highest BCUT2D eigenvalue weighted by molar-refractivity contribution is 7.55. The fourth-order valence-electron chi connectivity index (χ4n) is 2.93. The van der Waals surface area contributed by atoms with Gasteiger partial charge in [-0.05, 0) is 36.2 Å². The van der Waals surface area contributed by atoms with E-state index in [2.05, 4.69) is 15.5 Å². The molecule has 3 aromatic carbocycles. The van der Waals surface area contributed by atoms with Gasteiger partial charge in [0, 0.05) is 0 Å². The Morgan fingerprint density at radius 1 is 0.839 bits per heavy atom. The van der Waals surface area contributed by atoms with Gasteiger partial charge in [0.15, 0.2) is 5.78 Å². The highest BCUT2D eigenvalue weighted by Crippen LogP contribution is 2.60. The van der Waals surface area contributed by atoms with Crippen LogP contribution in [-0.4, -0.2) is 10.2 Å². The zero-order chi connectivity index (χ0) is 21.5. The van der Waals surface area contributed by atoms with Crippen molar-refractivity contribution in [2.75, 3.05) is 5.32 Å². The largest absolute Gasteiger partial charge is 0.457 e. The number of benzene rings is 3. The molecule has 6 nitrogen and oxygen atoms in total. The predicted octanol–water partition coefficient (Wildman–Crippen LogP) is 6.56. The number of rotatable bonds is 9. The second-order valence-corrected chi connectivity index (χ2v) is 9.68. The Kier molecular flexibility index (Phi) is 6.65. The zero-order valence-corrected chi connectivity index (χ0v) is 18.6. The molecule has 8 heteroatoms. The van der Waals surface area contributed by atoms with Crippen LogP contribution in [0.5, 0.6) is 11.5 Å². The number of nitrogens with one attached hydrogen (secondary N) is 1. The minimum atomic E-state index is -3.83. The first-order valence-electron chi connectivity index (χ1n) is 9.89. The van der Waals surface area contributed by atoms with E-state index in [9.17, 15) is 4.57 Å². The van der Waals surface area contributed by atoms with Gasteiger partial charge in [-0.3, -0.25) is 0 Å². The quantitative estimate of drug-likeness (QED) is 0.291. The molecule has 0 aliphatic heterocycles. The molecule has 0 fully saturated rings. The van der Waals surface area contributed by atoms with E-state index in [1.807, 2.05) is 73.7 Å². The molecule has 1 atom stereocenters. The third-order valence-electron chi connectivity index (χ3n) is 4.41. The number of nitrogens with zero attached hydrogens (tertiary/aromatic N) is 2. The molecule has 0 spiro atoms. The Morgan fingerprint density at radius 3 is 1.84 bits per heavy atom. The molecule has 4 aromatic rings. The summed E-state index contributed by atoms with van der Waals surface area (Å²) in [6, 6.07) is 27.5. The molecule has 4 rings (SSSR count). The number of aryl methyl sites for hydroxylation is 1. The van der Waals surface area contributed by atoms with Crippen molar-refractivity contribution >= 4 is 24.1 Å². The van der Waals surface area contributed by atoms with Gasteiger partial charge in [-0.1, -0.05) is 85.0 Å². The summed E-state index contributed by atoms with van der Waals surface area (Å²) in [6.45, 7) is 2.01. The molecule has 0 saturated heterocycles. The van der Waals surface area contributed by atoms with Gasteiger partial charge < -0.3 is 14.4 Å². The molecule has 31 heavy (non-hydrogen) atoms. The molecule has 0 saturated carbocycles. The van der Waals surface area contributed by atoms with Crippen LogP contribution in [0, 0.1) is 0 Å². The highest BCUT2D eigenvalue weighted by Gasteiger charge is 2.41. The third kappa shape index (κ3) is 5.32. The van der Waals surface area contributed by atoms with E-state index in [1.54, 1.807) is 24.3 Å². The summed E-state index contributed by atoms with van der Waals surface area (Å²) in [4.78, 5) is 0. The van der Waals surface area contributed by atoms with Gasteiger partial charge in [0.2, 0.25) is 5.13 Å². The fourth-order valence-corrected chi connectivity index (χ4v) is 5.62. The third-order valence-corrected chi connectivity index (χ3v) is 7.40. The molecule has 0 aliphatic carbocycles. The SMILES string of the molecule is CCc1nnc(N[C@H](c2ccccc2)P(=O)(Oc2ccccc2)Oc2ccccc2)s1. The molecule has 1 aromatic heterocycles. The Morgan fingerprint density at radius 2 is 1.35 bits per heavy atom. The summed E-state index contributed by atoms with van der Waals surface area (Å²) in [5.41, 5.74) is 0.756. The van der Waals surface area contributed by atoms with E-state index >= 15 is 0 Å². The van der Waals surface area contributed by atoms with Crippen LogP contribution >= 0.6 is 18.9 Å². The van der Waals surface area contributed by atoms with E-state index in [4.69, 9.17) is 9.05 Å². The lowest BCUT2D eigenvalue weighted by Gasteiger charge is -2.28. The fraction of sp³-hybridized carbons (Fsp3) is 0.130. The lowest BCUT2D eigenvalue weighted by Crippen LogP contribution is -2.18. The van der Waals surface area contributed by atoms with Crippen LogP contribution in [0.1, 0.15) is 23.3 Å². The van der Waals surface area contributed by atoms with E-state index in [0.717, 1.165) is 17.0 Å². The standard InChI is InChI=1S/C23H22N3O3PS/c1-2-21-25-26-23(31-21)24-22(18-12-6-3-7-13-18)30(27,28-19-14-8-4-9-15-19)29-20-16-10-5-11-17-20/h3-17,22H,2H2,1H3,(H,24,26)/t22-/m0/s1. The van der Waals surface area contributed by atoms with Crippen LogP contribution in [0.25, 0.3) is 0 Å². The molecule has 158 valence electrons. The number of hydrogen-bond donors (Lipinski definition) is 1. The number of aromatic nitrogens is 2. The zero-order valence-electron chi connectivity index (χ0n) is 16.9. The van der Waals surface area contributed by atoms with Gasteiger partial charge in [-0.2, -0.15) is 0 Å². The van der Waals surface area contributed by atoms with Crippen LogP contribution < -0.4 is 14.4 Å². The van der Waals surface area contributed by atoms with Crippen molar-refractivity contribution < 1.29 is 13.6 Å². The number of anilines is 1. The molecule has 0 radical (unpaired) electrons. The van der Waals surface area contributed by atoms with Crippen molar-refractivity contribution in [1.82, 2.24) is 10.2 Å². The van der Waals surface area contributed by atoms with Crippen LogP contribution in [0.15, 0.2) is 91.0 Å². The summed E-state index contributed by atoms with van der Waals surface area (Å²) < 4.78 is 26.5. The Bertz CT molecular complexity index is 1090. The van der Waals surface area contributed by atoms with Crippen LogP contribution in [0.3, 0.4) is 0 Å². The number of para-hydroxylation sites is 2. The topological polar surface area (TPSA) is 73.3 Å². The van der Waals surface area contributed by atoms with Crippen molar-refractivity contribution in [3.05, 3.63) is 102 Å². The first kappa shape index (κ1) is 21.1. The van der Waals surface area contributed by atoms with Gasteiger partial charge in [0.1, 0.15) is 16.5 Å². The molecular formula is C23H22N3O3PS. The lowest BCUT2D eigenvalue weighted by molar-refractivity contribution is 0.376. The summed E-state index contributed by atoms with van der Waals surface area (Å²) in [5.74, 6) is 0.110. The smallest absolute Gasteiger partial charge is 0.414 e.